The molecule has 0 saturated heterocycles. The first kappa shape index (κ1) is 37.4. The monoisotopic (exact) mass is 665 g/mol. The Morgan fingerprint density at radius 3 is 2.20 bits per heavy atom. The average molecular weight is 666 g/mol. The van der Waals surface area contributed by atoms with Crippen molar-refractivity contribution in [2.75, 3.05) is 18.1 Å². The number of aliphatic carboxylic acids is 2. The summed E-state index contributed by atoms with van der Waals surface area (Å²) in [4.78, 5) is 58.7. The van der Waals surface area contributed by atoms with Crippen molar-refractivity contribution >= 4 is 46.7 Å². The Hall–Kier alpha value is -4.76. The highest BCUT2D eigenvalue weighted by atomic mass is 32.1. The molecular formula is C31H34F3N3O8S. The van der Waals surface area contributed by atoms with E-state index in [0.29, 0.717) is 34.8 Å². The third kappa shape index (κ3) is 10.4. The van der Waals surface area contributed by atoms with Crippen molar-refractivity contribution in [2.24, 2.45) is 11.5 Å². The summed E-state index contributed by atoms with van der Waals surface area (Å²) < 4.78 is 36.8. The van der Waals surface area contributed by atoms with Crippen LogP contribution in [0.4, 0.5) is 18.9 Å². The highest BCUT2D eigenvalue weighted by Gasteiger charge is 2.38. The predicted molar refractivity (Wildman–Crippen MR) is 164 cm³/mol. The lowest BCUT2D eigenvalue weighted by Crippen LogP contribution is -2.35. The zero-order valence-electron chi connectivity index (χ0n) is 25.0. The molecule has 0 saturated carbocycles. The van der Waals surface area contributed by atoms with Crippen LogP contribution in [0, 0.1) is 0 Å². The van der Waals surface area contributed by atoms with E-state index in [1.807, 2.05) is 12.1 Å². The number of halogens is 3. The van der Waals surface area contributed by atoms with Crippen LogP contribution < -0.4 is 16.4 Å². The Kier molecular flexibility index (Phi) is 13.9. The van der Waals surface area contributed by atoms with E-state index >= 15 is 0 Å². The molecule has 2 amide bonds. The standard InChI is InChI=1S/C16H16N2O3.C13H17NO3S.C2HF3O2/c17-10-12-5-4-6-13(9-12)16(21)18(11-15(19)20)14-7-2-1-3-8-14;1-3-17-13(16)10-9-7(2)5-4-6-8(9)18-11(10)12(14)15;3-2(4,5)1(6)7/h1-9H,10-11,17H2,(H,19,20);7H,3-6H2,1-2H3,(H2,14,15);(H,6,7). The molecule has 6 N–H and O–H groups in total. The van der Waals surface area contributed by atoms with Crippen molar-refractivity contribution in [1.82, 2.24) is 0 Å². The van der Waals surface area contributed by atoms with E-state index in [1.54, 1.807) is 49.4 Å². The van der Waals surface area contributed by atoms with Crippen LogP contribution in [-0.2, 0) is 27.3 Å². The van der Waals surface area contributed by atoms with Gasteiger partial charge in [0.25, 0.3) is 11.8 Å². The first-order chi connectivity index (χ1) is 21.6. The van der Waals surface area contributed by atoms with E-state index in [1.165, 1.54) is 16.2 Å². The number of aryl methyl sites for hydroxylation is 1. The van der Waals surface area contributed by atoms with Crippen molar-refractivity contribution in [3.8, 4) is 0 Å². The second-order valence-electron chi connectivity index (χ2n) is 9.85. The number of ether oxygens (including phenoxy) is 1. The molecule has 1 aliphatic carbocycles. The normalized spacial score (nSPS) is 13.5. The summed E-state index contributed by atoms with van der Waals surface area (Å²) in [5, 5.41) is 16.2. The summed E-state index contributed by atoms with van der Waals surface area (Å²) >= 11 is 1.35. The Bertz CT molecular complexity index is 1540. The second kappa shape index (κ2) is 17.1. The van der Waals surface area contributed by atoms with E-state index in [4.69, 9.17) is 31.2 Å². The maximum absolute atomic E-state index is 12.6. The summed E-state index contributed by atoms with van der Waals surface area (Å²) in [6, 6.07) is 15.6. The second-order valence-corrected chi connectivity index (χ2v) is 11.0. The summed E-state index contributed by atoms with van der Waals surface area (Å²) in [6.45, 7) is 4.07. The van der Waals surface area contributed by atoms with Gasteiger partial charge in [0.1, 0.15) is 11.4 Å². The Labute approximate surface area is 266 Å². The third-order valence-electron chi connectivity index (χ3n) is 6.52. The number of carbonyl (C=O) groups excluding carboxylic acids is 3. The molecule has 1 aromatic heterocycles. The molecule has 0 bridgehead atoms. The van der Waals surface area contributed by atoms with Gasteiger partial charge < -0.3 is 26.4 Å². The van der Waals surface area contributed by atoms with Gasteiger partial charge in [-0.3, -0.25) is 19.3 Å². The van der Waals surface area contributed by atoms with E-state index < -0.39 is 36.5 Å². The highest BCUT2D eigenvalue weighted by molar-refractivity contribution is 7.14. The highest BCUT2D eigenvalue weighted by Crippen LogP contribution is 2.40. The minimum Gasteiger partial charge on any atom is -0.480 e. The van der Waals surface area contributed by atoms with Gasteiger partial charge in [-0.2, -0.15) is 13.2 Å². The quantitative estimate of drug-likeness (QED) is 0.241. The average Bonchev–Trinajstić information content (AvgIpc) is 3.42. The number of hydrogen-bond donors (Lipinski definition) is 4. The first-order valence-electron chi connectivity index (χ1n) is 13.9. The molecule has 0 radical (unpaired) electrons. The fraction of sp³-hybridized carbons (Fsp3) is 0.323. The number of anilines is 1. The molecule has 248 valence electrons. The number of nitrogens with two attached hydrogens (primary N) is 2. The molecule has 0 spiro atoms. The number of carbonyl (C=O) groups is 5. The lowest BCUT2D eigenvalue weighted by atomic mass is 9.86. The minimum absolute atomic E-state index is 0.289. The van der Waals surface area contributed by atoms with E-state index in [2.05, 4.69) is 6.92 Å². The number of fused-ring (bicyclic) bond motifs is 1. The van der Waals surface area contributed by atoms with E-state index in [0.717, 1.165) is 35.3 Å². The maximum Gasteiger partial charge on any atom is 0.490 e. The van der Waals surface area contributed by atoms with Crippen molar-refractivity contribution in [1.29, 1.82) is 0 Å². The van der Waals surface area contributed by atoms with Crippen LogP contribution in [0.3, 0.4) is 0 Å². The van der Waals surface area contributed by atoms with Crippen LogP contribution in [0.2, 0.25) is 0 Å². The molecule has 0 aliphatic heterocycles. The van der Waals surface area contributed by atoms with Crippen LogP contribution in [0.5, 0.6) is 0 Å². The maximum atomic E-state index is 12.6. The molecule has 1 aliphatic rings. The SMILES string of the molecule is CCOC(=O)c1c(C(N)=O)sc2c1C(C)CCC2.NCc1cccc(C(=O)N(CC(=O)O)c2ccccc2)c1.O=C(O)C(F)(F)F. The molecule has 11 nitrogen and oxygen atoms in total. The predicted octanol–water partition coefficient (Wildman–Crippen LogP) is 4.97. The van der Waals surface area contributed by atoms with Gasteiger partial charge in [-0.15, -0.1) is 11.3 Å². The van der Waals surface area contributed by atoms with Gasteiger partial charge in [0.05, 0.1) is 12.2 Å². The Morgan fingerprint density at radius 2 is 1.67 bits per heavy atom. The van der Waals surface area contributed by atoms with Gasteiger partial charge in [0.15, 0.2) is 0 Å². The fourth-order valence-electron chi connectivity index (χ4n) is 4.50. The largest absolute Gasteiger partial charge is 0.490 e. The van der Waals surface area contributed by atoms with Gasteiger partial charge in [-0.05, 0) is 67.5 Å². The zero-order valence-corrected chi connectivity index (χ0v) is 25.8. The van der Waals surface area contributed by atoms with E-state index in [9.17, 15) is 32.3 Å². The molecule has 1 heterocycles. The lowest BCUT2D eigenvalue weighted by Gasteiger charge is -2.21. The number of hydrogen-bond acceptors (Lipinski definition) is 8. The van der Waals surface area contributed by atoms with Crippen LogP contribution in [0.1, 0.15) is 79.0 Å². The first-order valence-corrected chi connectivity index (χ1v) is 14.7. The lowest BCUT2D eigenvalue weighted by molar-refractivity contribution is -0.192. The molecule has 4 rings (SSSR count). The Morgan fingerprint density at radius 1 is 1.04 bits per heavy atom. The molecule has 3 aromatic rings. The smallest absolute Gasteiger partial charge is 0.480 e. The topological polar surface area (TPSA) is 190 Å². The molecule has 15 heteroatoms. The molecule has 0 fully saturated rings. The van der Waals surface area contributed by atoms with Crippen molar-refractivity contribution in [3.05, 3.63) is 86.6 Å². The fourth-order valence-corrected chi connectivity index (χ4v) is 5.80. The number of amides is 2. The van der Waals surface area contributed by atoms with Gasteiger partial charge in [-0.25, -0.2) is 9.59 Å². The number of primary amides is 1. The van der Waals surface area contributed by atoms with Gasteiger partial charge in [0.2, 0.25) is 0 Å². The molecule has 1 unspecified atom stereocenters. The summed E-state index contributed by atoms with van der Waals surface area (Å²) in [5.41, 5.74) is 14.1. The summed E-state index contributed by atoms with van der Waals surface area (Å²) in [7, 11) is 0. The number of carboxylic acids is 2. The van der Waals surface area contributed by atoms with Gasteiger partial charge in [0, 0.05) is 22.7 Å². The number of esters is 1. The number of thiophene rings is 1. The molecule has 2 aromatic carbocycles. The van der Waals surface area contributed by atoms with Crippen LogP contribution in [0.25, 0.3) is 0 Å². The molecule has 1 atom stereocenters. The van der Waals surface area contributed by atoms with Crippen molar-refractivity contribution < 1.29 is 52.1 Å². The van der Waals surface area contributed by atoms with Crippen LogP contribution in [0.15, 0.2) is 54.6 Å². The van der Waals surface area contributed by atoms with Crippen molar-refractivity contribution in [2.45, 2.75) is 51.7 Å². The number of para-hydroxylation sites is 1. The van der Waals surface area contributed by atoms with Crippen LogP contribution in [-0.4, -0.2) is 59.3 Å². The Balaban J connectivity index is 0.000000268. The minimum atomic E-state index is -5.08. The van der Waals surface area contributed by atoms with Crippen molar-refractivity contribution in [3.63, 3.8) is 0 Å². The number of benzene rings is 2. The number of rotatable bonds is 8. The van der Waals surface area contributed by atoms with Gasteiger partial charge in [-0.1, -0.05) is 37.3 Å². The van der Waals surface area contributed by atoms with Crippen LogP contribution >= 0.6 is 11.3 Å². The number of alkyl halides is 3. The summed E-state index contributed by atoms with van der Waals surface area (Å²) in [5.74, 6) is -4.85. The number of carboxylic acid groups (broad SMARTS) is 2. The van der Waals surface area contributed by atoms with E-state index in [-0.39, 0.29) is 11.8 Å². The summed E-state index contributed by atoms with van der Waals surface area (Å²) in [6.07, 6.45) is -2.03. The molecule has 46 heavy (non-hydrogen) atoms. The zero-order chi connectivity index (χ0) is 34.6. The molecular weight excluding hydrogens is 631 g/mol. The third-order valence-corrected chi connectivity index (χ3v) is 7.80. The number of nitrogens with zero attached hydrogens (tertiary/aromatic N) is 1. The van der Waals surface area contributed by atoms with Gasteiger partial charge >= 0.3 is 24.1 Å².